The highest BCUT2D eigenvalue weighted by atomic mass is 16.1. The SMILES string of the molecule is CCCCCCCCNC(=O)/C(C#N)=C\c1cn(CCCN(C)C)c2ccccc12. The summed E-state index contributed by atoms with van der Waals surface area (Å²) in [6.07, 6.45) is 11.9. The van der Waals surface area contributed by atoms with E-state index >= 15 is 0 Å². The number of nitrogens with zero attached hydrogens (tertiary/aromatic N) is 3. The van der Waals surface area contributed by atoms with Crippen LogP contribution in [0.15, 0.2) is 36.0 Å². The number of rotatable bonds is 13. The Balaban J connectivity index is 2.04. The highest BCUT2D eigenvalue weighted by Crippen LogP contribution is 2.24. The maximum atomic E-state index is 12.5. The van der Waals surface area contributed by atoms with Crippen LogP contribution in [0.5, 0.6) is 0 Å². The molecule has 0 aliphatic heterocycles. The summed E-state index contributed by atoms with van der Waals surface area (Å²) in [7, 11) is 4.15. The Morgan fingerprint density at radius 1 is 1.13 bits per heavy atom. The Morgan fingerprint density at radius 2 is 1.87 bits per heavy atom. The zero-order valence-electron chi connectivity index (χ0n) is 18.8. The fourth-order valence-corrected chi connectivity index (χ4v) is 3.64. The van der Waals surface area contributed by atoms with E-state index in [4.69, 9.17) is 0 Å². The smallest absolute Gasteiger partial charge is 0.261 e. The van der Waals surface area contributed by atoms with Crippen LogP contribution >= 0.6 is 0 Å². The van der Waals surface area contributed by atoms with Gasteiger partial charge in [0.1, 0.15) is 11.6 Å². The van der Waals surface area contributed by atoms with Crippen molar-refractivity contribution in [3.8, 4) is 6.07 Å². The summed E-state index contributed by atoms with van der Waals surface area (Å²) in [4.78, 5) is 14.7. The monoisotopic (exact) mass is 408 g/mol. The molecule has 5 nitrogen and oxygen atoms in total. The van der Waals surface area contributed by atoms with Gasteiger partial charge in [-0.05, 0) is 45.6 Å². The number of hydrogen-bond acceptors (Lipinski definition) is 3. The van der Waals surface area contributed by atoms with Gasteiger partial charge >= 0.3 is 0 Å². The lowest BCUT2D eigenvalue weighted by Gasteiger charge is -2.10. The summed E-state index contributed by atoms with van der Waals surface area (Å²) in [6, 6.07) is 10.2. The second-order valence-corrected chi connectivity index (χ2v) is 8.15. The molecule has 0 bridgehead atoms. The van der Waals surface area contributed by atoms with Gasteiger partial charge in [0.2, 0.25) is 0 Å². The molecule has 2 rings (SSSR count). The van der Waals surface area contributed by atoms with Gasteiger partial charge in [-0.2, -0.15) is 5.26 Å². The molecule has 30 heavy (non-hydrogen) atoms. The third-order valence-corrected chi connectivity index (χ3v) is 5.30. The van der Waals surface area contributed by atoms with Gasteiger partial charge in [-0.1, -0.05) is 57.2 Å². The quantitative estimate of drug-likeness (QED) is 0.289. The Bertz CT molecular complexity index is 873. The summed E-state index contributed by atoms with van der Waals surface area (Å²) in [6.45, 7) is 4.74. The van der Waals surface area contributed by atoms with Crippen LogP contribution in [0, 0.1) is 11.3 Å². The van der Waals surface area contributed by atoms with Gasteiger partial charge in [0, 0.05) is 35.8 Å². The Kier molecular flexibility index (Phi) is 10.2. The van der Waals surface area contributed by atoms with Gasteiger partial charge in [-0.3, -0.25) is 4.79 Å². The molecule has 0 unspecified atom stereocenters. The standard InChI is InChI=1S/C25H36N4O/c1-4-5-6-7-8-11-15-27-25(30)21(19-26)18-22-20-29(17-12-16-28(2)3)24-14-10-9-13-23(22)24/h9-10,13-14,18,20H,4-8,11-12,15-17H2,1-3H3,(H,27,30)/b21-18-. The maximum absolute atomic E-state index is 12.5. The Hall–Kier alpha value is -2.58. The molecule has 1 amide bonds. The molecule has 1 N–H and O–H groups in total. The number of para-hydroxylation sites is 1. The van der Waals surface area contributed by atoms with Crippen molar-refractivity contribution in [2.75, 3.05) is 27.2 Å². The number of nitrogens with one attached hydrogen (secondary N) is 1. The number of aryl methyl sites for hydroxylation is 1. The maximum Gasteiger partial charge on any atom is 0.261 e. The Labute approximate surface area is 181 Å². The third-order valence-electron chi connectivity index (χ3n) is 5.30. The first-order valence-corrected chi connectivity index (χ1v) is 11.2. The van der Waals surface area contributed by atoms with Crippen molar-refractivity contribution in [1.82, 2.24) is 14.8 Å². The second-order valence-electron chi connectivity index (χ2n) is 8.15. The highest BCUT2D eigenvalue weighted by molar-refractivity contribution is 6.04. The Morgan fingerprint density at radius 3 is 2.60 bits per heavy atom. The van der Waals surface area contributed by atoms with E-state index in [2.05, 4.69) is 54.1 Å². The van der Waals surface area contributed by atoms with E-state index in [0.29, 0.717) is 6.54 Å². The van der Waals surface area contributed by atoms with Crippen LogP contribution in [0.2, 0.25) is 0 Å². The number of nitriles is 1. The van der Waals surface area contributed by atoms with E-state index in [9.17, 15) is 10.1 Å². The summed E-state index contributed by atoms with van der Waals surface area (Å²) in [5.74, 6) is -0.282. The van der Waals surface area contributed by atoms with Crippen LogP contribution in [-0.4, -0.2) is 42.6 Å². The minimum absolute atomic E-state index is 0.164. The second kappa shape index (κ2) is 12.9. The first kappa shape index (κ1) is 23.7. The van der Waals surface area contributed by atoms with Crippen LogP contribution in [0.4, 0.5) is 0 Å². The predicted molar refractivity (Wildman–Crippen MR) is 125 cm³/mol. The zero-order chi connectivity index (χ0) is 21.8. The molecule has 0 aliphatic carbocycles. The molecule has 0 saturated carbocycles. The van der Waals surface area contributed by atoms with Crippen LogP contribution < -0.4 is 5.32 Å². The first-order chi connectivity index (χ1) is 14.6. The van der Waals surface area contributed by atoms with E-state index < -0.39 is 0 Å². The van der Waals surface area contributed by atoms with Crippen LogP contribution in [0.1, 0.15) is 57.4 Å². The van der Waals surface area contributed by atoms with Gasteiger partial charge in [-0.15, -0.1) is 0 Å². The van der Waals surface area contributed by atoms with Gasteiger partial charge in [0.05, 0.1) is 0 Å². The summed E-state index contributed by atoms with van der Waals surface area (Å²) < 4.78 is 2.22. The number of carbonyl (C=O) groups is 1. The van der Waals surface area contributed by atoms with E-state index in [1.54, 1.807) is 6.08 Å². The number of benzene rings is 1. The van der Waals surface area contributed by atoms with Crippen molar-refractivity contribution in [2.45, 2.75) is 58.4 Å². The minimum Gasteiger partial charge on any atom is -0.351 e. The molecule has 0 saturated heterocycles. The normalized spacial score (nSPS) is 11.8. The number of fused-ring (bicyclic) bond motifs is 1. The third kappa shape index (κ3) is 7.35. The van der Waals surface area contributed by atoms with Gasteiger partial charge < -0.3 is 14.8 Å². The molecule has 2 aromatic rings. The highest BCUT2D eigenvalue weighted by Gasteiger charge is 2.12. The lowest BCUT2D eigenvalue weighted by Crippen LogP contribution is -2.25. The number of hydrogen-bond donors (Lipinski definition) is 1. The van der Waals surface area contributed by atoms with Crippen molar-refractivity contribution in [1.29, 1.82) is 5.26 Å². The molecule has 0 fully saturated rings. The lowest BCUT2D eigenvalue weighted by molar-refractivity contribution is -0.117. The first-order valence-electron chi connectivity index (χ1n) is 11.2. The van der Waals surface area contributed by atoms with Gasteiger partial charge in [0.25, 0.3) is 5.91 Å². The van der Waals surface area contributed by atoms with E-state index in [-0.39, 0.29) is 11.5 Å². The topological polar surface area (TPSA) is 61.1 Å². The van der Waals surface area contributed by atoms with Crippen molar-refractivity contribution in [3.63, 3.8) is 0 Å². The van der Waals surface area contributed by atoms with E-state index in [0.717, 1.165) is 48.8 Å². The van der Waals surface area contributed by atoms with Crippen LogP contribution in [0.3, 0.4) is 0 Å². The fourth-order valence-electron chi connectivity index (χ4n) is 3.64. The number of carbonyl (C=O) groups excluding carboxylic acids is 1. The molecule has 0 aliphatic rings. The molecule has 0 radical (unpaired) electrons. The number of unbranched alkanes of at least 4 members (excludes halogenated alkanes) is 5. The molecule has 1 aromatic carbocycles. The zero-order valence-corrected chi connectivity index (χ0v) is 18.8. The molecular weight excluding hydrogens is 372 g/mol. The van der Waals surface area contributed by atoms with Gasteiger partial charge in [-0.25, -0.2) is 0 Å². The summed E-state index contributed by atoms with van der Waals surface area (Å²) in [5.41, 5.74) is 2.21. The molecule has 1 aromatic heterocycles. The number of amides is 1. The van der Waals surface area contributed by atoms with Gasteiger partial charge in [0.15, 0.2) is 0 Å². The minimum atomic E-state index is -0.282. The molecule has 162 valence electrons. The summed E-state index contributed by atoms with van der Waals surface area (Å²) >= 11 is 0. The molecule has 1 heterocycles. The molecule has 0 spiro atoms. The van der Waals surface area contributed by atoms with Crippen molar-refractivity contribution in [3.05, 3.63) is 41.6 Å². The van der Waals surface area contributed by atoms with Crippen molar-refractivity contribution in [2.24, 2.45) is 0 Å². The average Bonchev–Trinajstić information content (AvgIpc) is 3.08. The average molecular weight is 409 g/mol. The molecule has 5 heteroatoms. The van der Waals surface area contributed by atoms with Crippen molar-refractivity contribution < 1.29 is 4.79 Å². The molecule has 0 atom stereocenters. The van der Waals surface area contributed by atoms with Crippen molar-refractivity contribution >= 4 is 22.9 Å². The van der Waals surface area contributed by atoms with E-state index in [1.807, 2.05) is 18.2 Å². The summed E-state index contributed by atoms with van der Waals surface area (Å²) in [5, 5.41) is 13.5. The fraction of sp³-hybridized carbons (Fsp3) is 0.520. The molecular formula is C25H36N4O. The van der Waals surface area contributed by atoms with E-state index in [1.165, 1.54) is 25.7 Å². The number of aromatic nitrogens is 1. The predicted octanol–water partition coefficient (Wildman–Crippen LogP) is 4.98. The lowest BCUT2D eigenvalue weighted by atomic mass is 10.1. The largest absolute Gasteiger partial charge is 0.351 e. The van der Waals surface area contributed by atoms with Crippen LogP contribution in [-0.2, 0) is 11.3 Å². The van der Waals surface area contributed by atoms with Crippen LogP contribution in [0.25, 0.3) is 17.0 Å².